The number of carboxylic acid groups (broad SMARTS) is 1. The van der Waals surface area contributed by atoms with E-state index in [-0.39, 0.29) is 30.4 Å². The van der Waals surface area contributed by atoms with Crippen molar-refractivity contribution >= 4 is 35.1 Å². The van der Waals surface area contributed by atoms with Crippen LogP contribution in [0.4, 0.5) is 11.4 Å². The van der Waals surface area contributed by atoms with E-state index < -0.39 is 23.8 Å². The summed E-state index contributed by atoms with van der Waals surface area (Å²) in [6.45, 7) is 2.07. The van der Waals surface area contributed by atoms with Gasteiger partial charge in [0.15, 0.2) is 6.61 Å². The molecule has 1 aliphatic carbocycles. The highest BCUT2D eigenvalue weighted by molar-refractivity contribution is 6.00. The highest BCUT2D eigenvalue weighted by Crippen LogP contribution is 2.33. The maximum Gasteiger partial charge on any atom is 0.305 e. The molecule has 1 unspecified atom stereocenters. The van der Waals surface area contributed by atoms with Gasteiger partial charge in [-0.2, -0.15) is 0 Å². The molecule has 2 fully saturated rings. The van der Waals surface area contributed by atoms with Crippen molar-refractivity contribution in [2.75, 3.05) is 43.0 Å². The van der Waals surface area contributed by atoms with E-state index in [2.05, 4.69) is 20.5 Å². The number of hydrogen-bond donors (Lipinski definition) is 3. The first-order chi connectivity index (χ1) is 20.4. The van der Waals surface area contributed by atoms with Crippen molar-refractivity contribution in [3.63, 3.8) is 0 Å². The molecule has 1 aromatic heterocycles. The van der Waals surface area contributed by atoms with Crippen LogP contribution in [0.15, 0.2) is 73.1 Å². The van der Waals surface area contributed by atoms with E-state index in [1.165, 1.54) is 6.20 Å². The zero-order valence-electron chi connectivity index (χ0n) is 23.1. The number of benzene rings is 2. The van der Waals surface area contributed by atoms with Gasteiger partial charge in [0.2, 0.25) is 5.91 Å². The molecule has 2 aromatic carbocycles. The minimum absolute atomic E-state index is 0.158. The minimum atomic E-state index is -1.06. The Morgan fingerprint density at radius 3 is 2.40 bits per heavy atom. The SMILES string of the molecule is O=C(O)CC(NC(=O)c1ccc(N2CCN(C(=O)C3CC3)CC2)c(NC(=O)COc2ccccc2)c1)c1cccnc1. The monoisotopic (exact) mass is 571 g/mol. The van der Waals surface area contributed by atoms with E-state index in [0.717, 1.165) is 12.8 Å². The number of para-hydroxylation sites is 1. The van der Waals surface area contributed by atoms with Crippen LogP contribution in [0.5, 0.6) is 5.75 Å². The summed E-state index contributed by atoms with van der Waals surface area (Å²) in [7, 11) is 0. The number of nitrogens with zero attached hydrogens (tertiary/aromatic N) is 3. The molecular formula is C31H33N5O6. The molecule has 42 heavy (non-hydrogen) atoms. The molecule has 1 atom stereocenters. The number of amides is 3. The van der Waals surface area contributed by atoms with E-state index in [4.69, 9.17) is 4.74 Å². The average Bonchev–Trinajstić information content (AvgIpc) is 3.86. The highest BCUT2D eigenvalue weighted by atomic mass is 16.5. The average molecular weight is 572 g/mol. The van der Waals surface area contributed by atoms with Crippen molar-refractivity contribution in [1.82, 2.24) is 15.2 Å². The number of aromatic nitrogens is 1. The zero-order valence-corrected chi connectivity index (χ0v) is 23.1. The fraction of sp³-hybridized carbons (Fsp3) is 0.323. The molecule has 2 heterocycles. The third-order valence-corrected chi connectivity index (χ3v) is 7.28. The van der Waals surface area contributed by atoms with Gasteiger partial charge in [0, 0.05) is 50.1 Å². The van der Waals surface area contributed by atoms with Crippen LogP contribution in [0.25, 0.3) is 0 Å². The third-order valence-electron chi connectivity index (χ3n) is 7.28. The molecule has 0 radical (unpaired) electrons. The topological polar surface area (TPSA) is 141 Å². The van der Waals surface area contributed by atoms with Gasteiger partial charge >= 0.3 is 5.97 Å². The Labute approximate surface area is 243 Å². The smallest absolute Gasteiger partial charge is 0.305 e. The lowest BCUT2D eigenvalue weighted by molar-refractivity contribution is -0.137. The van der Waals surface area contributed by atoms with Crippen molar-refractivity contribution < 1.29 is 29.0 Å². The number of nitrogens with one attached hydrogen (secondary N) is 2. The number of carbonyl (C=O) groups excluding carboxylic acids is 3. The van der Waals surface area contributed by atoms with Crippen LogP contribution in [-0.2, 0) is 14.4 Å². The lowest BCUT2D eigenvalue weighted by atomic mass is 10.0. The fourth-order valence-electron chi connectivity index (χ4n) is 4.91. The Kier molecular flexibility index (Phi) is 8.96. The number of aliphatic carboxylic acids is 1. The predicted octanol–water partition coefficient (Wildman–Crippen LogP) is 3.10. The number of hydrogen-bond acceptors (Lipinski definition) is 7. The van der Waals surface area contributed by atoms with Gasteiger partial charge in [-0.3, -0.25) is 24.2 Å². The lowest BCUT2D eigenvalue weighted by Crippen LogP contribution is -2.49. The van der Waals surface area contributed by atoms with Crippen LogP contribution in [0.1, 0.15) is 41.2 Å². The quantitative estimate of drug-likeness (QED) is 0.319. The van der Waals surface area contributed by atoms with Gasteiger partial charge in [0.05, 0.1) is 23.8 Å². The Morgan fingerprint density at radius 2 is 1.74 bits per heavy atom. The van der Waals surface area contributed by atoms with Crippen molar-refractivity contribution in [2.45, 2.75) is 25.3 Å². The summed E-state index contributed by atoms with van der Waals surface area (Å²) in [5, 5.41) is 15.1. The number of carbonyl (C=O) groups is 4. The first-order valence-corrected chi connectivity index (χ1v) is 14.0. The summed E-state index contributed by atoms with van der Waals surface area (Å²) in [4.78, 5) is 58.3. The number of pyridine rings is 1. The number of anilines is 2. The molecule has 218 valence electrons. The first-order valence-electron chi connectivity index (χ1n) is 14.0. The van der Waals surface area contributed by atoms with Crippen LogP contribution < -0.4 is 20.3 Å². The van der Waals surface area contributed by atoms with Gasteiger partial charge in [0.1, 0.15) is 5.75 Å². The largest absolute Gasteiger partial charge is 0.484 e. The second kappa shape index (κ2) is 13.2. The molecule has 2 aliphatic rings. The number of ether oxygens (including phenoxy) is 1. The Bertz CT molecular complexity index is 1420. The van der Waals surface area contributed by atoms with E-state index in [1.807, 2.05) is 23.1 Å². The zero-order chi connectivity index (χ0) is 29.5. The predicted molar refractivity (Wildman–Crippen MR) is 155 cm³/mol. The van der Waals surface area contributed by atoms with Gasteiger partial charge in [-0.25, -0.2) is 0 Å². The van der Waals surface area contributed by atoms with Gasteiger partial charge in [-0.1, -0.05) is 24.3 Å². The van der Waals surface area contributed by atoms with Crippen LogP contribution >= 0.6 is 0 Å². The maximum atomic E-state index is 13.3. The summed E-state index contributed by atoms with van der Waals surface area (Å²) in [6.07, 6.45) is 4.68. The molecule has 11 heteroatoms. The molecule has 0 spiro atoms. The summed E-state index contributed by atoms with van der Waals surface area (Å²) < 4.78 is 5.60. The highest BCUT2D eigenvalue weighted by Gasteiger charge is 2.35. The van der Waals surface area contributed by atoms with E-state index in [0.29, 0.717) is 48.9 Å². The molecular weight excluding hydrogens is 538 g/mol. The fourth-order valence-corrected chi connectivity index (χ4v) is 4.91. The number of piperazine rings is 1. The summed E-state index contributed by atoms with van der Waals surface area (Å²) in [5.74, 6) is -1.04. The molecule has 1 aliphatic heterocycles. The normalized spacial score (nSPS) is 15.4. The molecule has 0 bridgehead atoms. The molecule has 11 nitrogen and oxygen atoms in total. The van der Waals surface area contributed by atoms with Gasteiger partial charge in [0.25, 0.3) is 11.8 Å². The summed E-state index contributed by atoms with van der Waals surface area (Å²) in [5.41, 5.74) is 1.95. The third kappa shape index (κ3) is 7.42. The van der Waals surface area contributed by atoms with Crippen LogP contribution in [-0.4, -0.2) is 71.5 Å². The van der Waals surface area contributed by atoms with Crippen molar-refractivity contribution in [2.24, 2.45) is 5.92 Å². The molecule has 1 saturated heterocycles. The summed E-state index contributed by atoms with van der Waals surface area (Å²) in [6, 6.07) is 16.5. The van der Waals surface area contributed by atoms with Crippen molar-refractivity contribution in [3.05, 3.63) is 84.2 Å². The van der Waals surface area contributed by atoms with Crippen LogP contribution in [0.2, 0.25) is 0 Å². The number of carboxylic acids is 1. The molecule has 5 rings (SSSR count). The Morgan fingerprint density at radius 1 is 0.976 bits per heavy atom. The van der Waals surface area contributed by atoms with E-state index >= 15 is 0 Å². The van der Waals surface area contributed by atoms with Crippen molar-refractivity contribution in [3.8, 4) is 5.75 Å². The molecule has 3 N–H and O–H groups in total. The van der Waals surface area contributed by atoms with Gasteiger partial charge in [-0.05, 0) is 54.8 Å². The van der Waals surface area contributed by atoms with Crippen LogP contribution in [0.3, 0.4) is 0 Å². The van der Waals surface area contributed by atoms with Crippen LogP contribution in [0, 0.1) is 5.92 Å². The standard InChI is InChI=1S/C31H33N5O6/c37-28(20-42-24-6-2-1-3-7-24)33-26-17-22(30(40)34-25(18-29(38)39)23-5-4-12-32-19-23)10-11-27(26)35-13-15-36(16-14-35)31(41)21-8-9-21/h1-7,10-12,17,19,21,25H,8-9,13-16,18,20H2,(H,33,37)(H,34,40)(H,38,39). The summed E-state index contributed by atoms with van der Waals surface area (Å²) >= 11 is 0. The van der Waals surface area contributed by atoms with Crippen molar-refractivity contribution in [1.29, 1.82) is 0 Å². The molecule has 3 amide bonds. The minimum Gasteiger partial charge on any atom is -0.484 e. The second-order valence-electron chi connectivity index (χ2n) is 10.4. The Balaban J connectivity index is 1.34. The molecule has 3 aromatic rings. The lowest BCUT2D eigenvalue weighted by Gasteiger charge is -2.37. The van der Waals surface area contributed by atoms with E-state index in [1.54, 1.807) is 48.7 Å². The molecule has 1 saturated carbocycles. The van der Waals surface area contributed by atoms with Gasteiger partial charge in [-0.15, -0.1) is 0 Å². The first kappa shape index (κ1) is 28.6. The maximum absolute atomic E-state index is 13.3. The second-order valence-corrected chi connectivity index (χ2v) is 10.4. The number of rotatable bonds is 11. The van der Waals surface area contributed by atoms with E-state index in [9.17, 15) is 24.3 Å². The van der Waals surface area contributed by atoms with Gasteiger partial charge < -0.3 is 30.3 Å². The Hall–Kier alpha value is -4.93.